The van der Waals surface area contributed by atoms with E-state index in [4.69, 9.17) is 10.00 Å². The highest BCUT2D eigenvalue weighted by Crippen LogP contribution is 2.08. The molecule has 0 bridgehead atoms. The van der Waals surface area contributed by atoms with Gasteiger partial charge in [-0.2, -0.15) is 5.26 Å². The smallest absolute Gasteiger partial charge is 0.142 e. The second kappa shape index (κ2) is 6.26. The summed E-state index contributed by atoms with van der Waals surface area (Å²) in [6.45, 7) is 1.18. The van der Waals surface area contributed by atoms with Crippen molar-refractivity contribution in [1.29, 1.82) is 5.26 Å². The number of nitriles is 1. The first-order valence-corrected chi connectivity index (χ1v) is 5.67. The summed E-state index contributed by atoms with van der Waals surface area (Å²) in [5.74, 6) is 1.53. The molecule has 18 heavy (non-hydrogen) atoms. The van der Waals surface area contributed by atoms with E-state index in [1.807, 2.05) is 42.5 Å². The molecule has 1 aromatic carbocycles. The molecule has 0 fully saturated rings. The zero-order valence-electron chi connectivity index (χ0n) is 9.84. The summed E-state index contributed by atoms with van der Waals surface area (Å²) in [5.41, 5.74) is 0.406. The molecule has 0 saturated heterocycles. The standard InChI is InChI=1S/C14H13N3O/c15-11-12-5-4-8-14(17-12)16-9-10-18-13-6-2-1-3-7-13/h1-8H,9-10H2,(H,16,17). The minimum Gasteiger partial charge on any atom is -0.492 e. The van der Waals surface area contributed by atoms with E-state index in [1.165, 1.54) is 0 Å². The van der Waals surface area contributed by atoms with Crippen molar-refractivity contribution < 1.29 is 4.74 Å². The fraction of sp³-hybridized carbons (Fsp3) is 0.143. The van der Waals surface area contributed by atoms with E-state index in [0.29, 0.717) is 24.7 Å². The number of para-hydroxylation sites is 1. The molecule has 0 amide bonds. The summed E-state index contributed by atoms with van der Waals surface area (Å²) in [4.78, 5) is 4.11. The fourth-order valence-electron chi connectivity index (χ4n) is 1.46. The quantitative estimate of drug-likeness (QED) is 0.814. The lowest BCUT2D eigenvalue weighted by Gasteiger charge is -2.07. The van der Waals surface area contributed by atoms with Crippen LogP contribution in [0.1, 0.15) is 5.69 Å². The second-order valence-electron chi connectivity index (χ2n) is 3.61. The first-order chi connectivity index (χ1) is 8.88. The van der Waals surface area contributed by atoms with Gasteiger partial charge in [0.15, 0.2) is 0 Å². The summed E-state index contributed by atoms with van der Waals surface area (Å²) >= 11 is 0. The highest BCUT2D eigenvalue weighted by atomic mass is 16.5. The minimum absolute atomic E-state index is 0.406. The molecule has 0 atom stereocenters. The summed E-state index contributed by atoms with van der Waals surface area (Å²) in [6.07, 6.45) is 0. The van der Waals surface area contributed by atoms with E-state index in [9.17, 15) is 0 Å². The van der Waals surface area contributed by atoms with Crippen LogP contribution in [0.3, 0.4) is 0 Å². The van der Waals surface area contributed by atoms with Gasteiger partial charge in [0.1, 0.15) is 29.9 Å². The lowest BCUT2D eigenvalue weighted by molar-refractivity contribution is 0.333. The molecule has 0 unspecified atom stereocenters. The Morgan fingerprint density at radius 1 is 1.11 bits per heavy atom. The van der Waals surface area contributed by atoms with Crippen LogP contribution in [-0.2, 0) is 0 Å². The van der Waals surface area contributed by atoms with Crippen LogP contribution in [0.25, 0.3) is 0 Å². The number of nitrogens with one attached hydrogen (secondary N) is 1. The SMILES string of the molecule is N#Cc1cccc(NCCOc2ccccc2)n1. The zero-order chi connectivity index (χ0) is 12.6. The molecule has 1 heterocycles. The van der Waals surface area contributed by atoms with Gasteiger partial charge in [-0.15, -0.1) is 0 Å². The van der Waals surface area contributed by atoms with E-state index in [1.54, 1.807) is 12.1 Å². The minimum atomic E-state index is 0.406. The fourth-order valence-corrected chi connectivity index (χ4v) is 1.46. The van der Waals surface area contributed by atoms with Gasteiger partial charge in [-0.3, -0.25) is 0 Å². The molecule has 0 aliphatic rings. The molecule has 2 aromatic rings. The lowest BCUT2D eigenvalue weighted by atomic mass is 10.3. The molecule has 4 heteroatoms. The maximum atomic E-state index is 8.72. The summed E-state index contributed by atoms with van der Waals surface area (Å²) in [5, 5.41) is 11.8. The van der Waals surface area contributed by atoms with Crippen molar-refractivity contribution in [1.82, 2.24) is 4.98 Å². The number of ether oxygens (including phenoxy) is 1. The number of hydrogen-bond donors (Lipinski definition) is 1. The Hall–Kier alpha value is -2.54. The first kappa shape index (κ1) is 11.9. The van der Waals surface area contributed by atoms with Crippen molar-refractivity contribution in [2.45, 2.75) is 0 Å². The number of hydrogen-bond acceptors (Lipinski definition) is 4. The monoisotopic (exact) mass is 239 g/mol. The van der Waals surface area contributed by atoms with Gasteiger partial charge in [0, 0.05) is 0 Å². The Kier molecular flexibility index (Phi) is 4.15. The normalized spacial score (nSPS) is 9.50. The number of pyridine rings is 1. The third-order valence-corrected chi connectivity index (χ3v) is 2.28. The second-order valence-corrected chi connectivity index (χ2v) is 3.61. The van der Waals surface area contributed by atoms with Gasteiger partial charge in [-0.1, -0.05) is 24.3 Å². The average molecular weight is 239 g/mol. The van der Waals surface area contributed by atoms with Crippen LogP contribution in [0, 0.1) is 11.3 Å². The van der Waals surface area contributed by atoms with Crippen LogP contribution in [-0.4, -0.2) is 18.1 Å². The third kappa shape index (κ3) is 3.49. The predicted molar refractivity (Wildman–Crippen MR) is 69.4 cm³/mol. The Morgan fingerprint density at radius 3 is 2.72 bits per heavy atom. The van der Waals surface area contributed by atoms with Gasteiger partial charge in [0.2, 0.25) is 0 Å². The van der Waals surface area contributed by atoms with Crippen molar-refractivity contribution in [3.63, 3.8) is 0 Å². The van der Waals surface area contributed by atoms with Crippen LogP contribution in [0.15, 0.2) is 48.5 Å². The Bertz CT molecular complexity index is 534. The zero-order valence-corrected chi connectivity index (χ0v) is 9.84. The number of rotatable bonds is 5. The number of benzene rings is 1. The Morgan fingerprint density at radius 2 is 1.94 bits per heavy atom. The van der Waals surface area contributed by atoms with E-state index in [0.717, 1.165) is 5.75 Å². The van der Waals surface area contributed by atoms with Crippen molar-refractivity contribution in [2.75, 3.05) is 18.5 Å². The van der Waals surface area contributed by atoms with Crippen LogP contribution in [0.2, 0.25) is 0 Å². The molecule has 0 saturated carbocycles. The highest BCUT2D eigenvalue weighted by Gasteiger charge is 1.96. The maximum Gasteiger partial charge on any atom is 0.142 e. The van der Waals surface area contributed by atoms with Crippen LogP contribution in [0.4, 0.5) is 5.82 Å². The molecule has 0 spiro atoms. The molecule has 4 nitrogen and oxygen atoms in total. The molecule has 90 valence electrons. The van der Waals surface area contributed by atoms with Gasteiger partial charge < -0.3 is 10.1 Å². The Labute approximate surface area is 106 Å². The average Bonchev–Trinajstić information content (AvgIpc) is 2.45. The number of nitrogens with zero attached hydrogens (tertiary/aromatic N) is 2. The molecule has 0 aliphatic heterocycles. The van der Waals surface area contributed by atoms with Crippen molar-refractivity contribution in [3.8, 4) is 11.8 Å². The van der Waals surface area contributed by atoms with Gasteiger partial charge in [0.25, 0.3) is 0 Å². The molecule has 0 radical (unpaired) electrons. The van der Waals surface area contributed by atoms with E-state index >= 15 is 0 Å². The van der Waals surface area contributed by atoms with Crippen molar-refractivity contribution >= 4 is 5.82 Å². The predicted octanol–water partition coefficient (Wildman–Crippen LogP) is 2.44. The van der Waals surface area contributed by atoms with E-state index < -0.39 is 0 Å². The van der Waals surface area contributed by atoms with E-state index in [-0.39, 0.29) is 0 Å². The van der Waals surface area contributed by atoms with Gasteiger partial charge >= 0.3 is 0 Å². The molecule has 2 rings (SSSR count). The van der Waals surface area contributed by atoms with Crippen LogP contribution >= 0.6 is 0 Å². The molecular formula is C14H13N3O. The molecule has 1 aromatic heterocycles. The first-order valence-electron chi connectivity index (χ1n) is 5.67. The van der Waals surface area contributed by atoms with Crippen molar-refractivity contribution in [3.05, 3.63) is 54.2 Å². The molecular weight excluding hydrogens is 226 g/mol. The van der Waals surface area contributed by atoms with Crippen LogP contribution in [0.5, 0.6) is 5.75 Å². The summed E-state index contributed by atoms with van der Waals surface area (Å²) in [6, 6.07) is 16.9. The topological polar surface area (TPSA) is 57.9 Å². The summed E-state index contributed by atoms with van der Waals surface area (Å²) in [7, 11) is 0. The van der Waals surface area contributed by atoms with Gasteiger partial charge in [0.05, 0.1) is 6.54 Å². The van der Waals surface area contributed by atoms with Gasteiger partial charge in [-0.25, -0.2) is 4.98 Å². The number of anilines is 1. The maximum absolute atomic E-state index is 8.72. The Balaban J connectivity index is 1.77. The van der Waals surface area contributed by atoms with Crippen molar-refractivity contribution in [2.24, 2.45) is 0 Å². The summed E-state index contributed by atoms with van der Waals surface area (Å²) < 4.78 is 5.53. The lowest BCUT2D eigenvalue weighted by Crippen LogP contribution is -2.12. The van der Waals surface area contributed by atoms with E-state index in [2.05, 4.69) is 10.3 Å². The third-order valence-electron chi connectivity index (χ3n) is 2.28. The largest absolute Gasteiger partial charge is 0.492 e. The highest BCUT2D eigenvalue weighted by molar-refractivity contribution is 5.38. The number of aromatic nitrogens is 1. The van der Waals surface area contributed by atoms with Crippen LogP contribution < -0.4 is 10.1 Å². The molecule has 1 N–H and O–H groups in total. The van der Waals surface area contributed by atoms with Gasteiger partial charge in [-0.05, 0) is 24.3 Å². The molecule has 0 aliphatic carbocycles.